The van der Waals surface area contributed by atoms with Crippen molar-refractivity contribution >= 4 is 11.6 Å². The van der Waals surface area contributed by atoms with Crippen molar-refractivity contribution in [3.05, 3.63) is 29.8 Å². The van der Waals surface area contributed by atoms with Gasteiger partial charge in [0.05, 0.1) is 6.61 Å². The van der Waals surface area contributed by atoms with E-state index in [1.54, 1.807) is 12.1 Å². The molecule has 4 N–H and O–H groups in total. The Balaban J connectivity index is 0.00000156. The van der Waals surface area contributed by atoms with E-state index in [9.17, 15) is 4.79 Å². The van der Waals surface area contributed by atoms with Crippen LogP contribution < -0.4 is 5.73 Å². The fourth-order valence-corrected chi connectivity index (χ4v) is 3.85. The number of benzene rings is 1. The van der Waals surface area contributed by atoms with E-state index in [0.717, 1.165) is 44.8 Å². The molecular formula is C18H31N3O3. The van der Waals surface area contributed by atoms with Crippen molar-refractivity contribution in [2.75, 3.05) is 38.6 Å². The average molecular weight is 337 g/mol. The number of piperazine rings is 1. The number of nitrogen functional groups attached to an aromatic ring is 1. The number of hydrogen-bond donors (Lipinski definition) is 1. The summed E-state index contributed by atoms with van der Waals surface area (Å²) in [5, 5.41) is 0. The molecule has 24 heavy (non-hydrogen) atoms. The first-order valence-electron chi connectivity index (χ1n) is 8.53. The van der Waals surface area contributed by atoms with Gasteiger partial charge in [0.1, 0.15) is 0 Å². The second-order valence-electron chi connectivity index (χ2n) is 6.98. The molecule has 0 aliphatic carbocycles. The van der Waals surface area contributed by atoms with Crippen molar-refractivity contribution < 1.29 is 16.4 Å². The van der Waals surface area contributed by atoms with Crippen LogP contribution in [0.4, 0.5) is 5.69 Å². The SMILES string of the molecule is CC1CN(CC2CCOC2)CC(C)N1C(=O)c1ccc(N)cc1.O.[HH]. The van der Waals surface area contributed by atoms with Gasteiger partial charge < -0.3 is 20.8 Å². The molecule has 2 heterocycles. The molecule has 0 aromatic heterocycles. The Morgan fingerprint density at radius 2 is 1.88 bits per heavy atom. The van der Waals surface area contributed by atoms with Crippen LogP contribution in [0.25, 0.3) is 0 Å². The van der Waals surface area contributed by atoms with Crippen LogP contribution in [0.5, 0.6) is 0 Å². The van der Waals surface area contributed by atoms with Crippen LogP contribution in [0.2, 0.25) is 0 Å². The van der Waals surface area contributed by atoms with Gasteiger partial charge in [0.2, 0.25) is 0 Å². The number of carbonyl (C=O) groups excluding carboxylic acids is 1. The van der Waals surface area contributed by atoms with Crippen LogP contribution in [-0.4, -0.2) is 66.1 Å². The van der Waals surface area contributed by atoms with Crippen molar-refractivity contribution in [1.29, 1.82) is 0 Å². The van der Waals surface area contributed by atoms with Gasteiger partial charge in [-0.1, -0.05) is 0 Å². The molecule has 1 aromatic carbocycles. The normalized spacial score (nSPS) is 27.8. The highest BCUT2D eigenvalue weighted by atomic mass is 16.5. The third kappa shape index (κ3) is 4.06. The predicted octanol–water partition coefficient (Wildman–Crippen LogP) is 1.26. The third-order valence-electron chi connectivity index (χ3n) is 4.93. The quantitative estimate of drug-likeness (QED) is 0.841. The molecule has 0 spiro atoms. The molecular weight excluding hydrogens is 306 g/mol. The fraction of sp³-hybridized carbons (Fsp3) is 0.611. The molecule has 0 radical (unpaired) electrons. The Morgan fingerprint density at radius 1 is 1.25 bits per heavy atom. The summed E-state index contributed by atoms with van der Waals surface area (Å²) in [4.78, 5) is 17.3. The van der Waals surface area contributed by atoms with Crippen molar-refractivity contribution in [3.63, 3.8) is 0 Å². The highest BCUT2D eigenvalue weighted by molar-refractivity contribution is 5.95. The highest BCUT2D eigenvalue weighted by Gasteiger charge is 2.34. The van der Waals surface area contributed by atoms with Crippen molar-refractivity contribution in [2.24, 2.45) is 5.92 Å². The molecule has 1 amide bonds. The molecule has 2 saturated heterocycles. The van der Waals surface area contributed by atoms with Gasteiger partial charge in [0, 0.05) is 51.0 Å². The lowest BCUT2D eigenvalue weighted by Gasteiger charge is -2.45. The van der Waals surface area contributed by atoms with Crippen LogP contribution in [0, 0.1) is 5.92 Å². The number of rotatable bonds is 3. The standard InChI is InChI=1S/C18H27N3O2.H2O.H2/c1-13-9-20(11-15-7-8-23-12-15)10-14(2)21(13)18(22)16-3-5-17(19)6-4-16;;/h3-6,13-15H,7-12,19H2,1-2H3;1H2;1H. The van der Waals surface area contributed by atoms with E-state index < -0.39 is 0 Å². The van der Waals surface area contributed by atoms with Crippen LogP contribution in [0.15, 0.2) is 24.3 Å². The monoisotopic (exact) mass is 337 g/mol. The minimum atomic E-state index is 0. The molecule has 3 atom stereocenters. The lowest BCUT2D eigenvalue weighted by atomic mass is 10.0. The zero-order valence-electron chi connectivity index (χ0n) is 14.6. The number of anilines is 1. The lowest BCUT2D eigenvalue weighted by Crippen LogP contribution is -2.59. The highest BCUT2D eigenvalue weighted by Crippen LogP contribution is 2.22. The third-order valence-corrected chi connectivity index (χ3v) is 4.93. The van der Waals surface area contributed by atoms with Gasteiger partial charge in [0.25, 0.3) is 5.91 Å². The van der Waals surface area contributed by atoms with Gasteiger partial charge >= 0.3 is 0 Å². The van der Waals surface area contributed by atoms with E-state index in [2.05, 4.69) is 18.7 Å². The number of ether oxygens (including phenoxy) is 1. The zero-order chi connectivity index (χ0) is 16.4. The van der Waals surface area contributed by atoms with Crippen LogP contribution in [-0.2, 0) is 4.74 Å². The Labute approximate surface area is 145 Å². The van der Waals surface area contributed by atoms with Crippen LogP contribution in [0.1, 0.15) is 32.1 Å². The molecule has 0 bridgehead atoms. The molecule has 3 unspecified atom stereocenters. The van der Waals surface area contributed by atoms with E-state index in [0.29, 0.717) is 11.6 Å². The maximum Gasteiger partial charge on any atom is 0.254 e. The maximum absolute atomic E-state index is 12.8. The first kappa shape index (κ1) is 18.7. The molecule has 1 aromatic rings. The predicted molar refractivity (Wildman–Crippen MR) is 97.0 cm³/mol. The molecule has 3 rings (SSSR count). The van der Waals surface area contributed by atoms with Gasteiger partial charge in [-0.3, -0.25) is 9.69 Å². The van der Waals surface area contributed by atoms with Crippen molar-refractivity contribution in [2.45, 2.75) is 32.4 Å². The number of carbonyl (C=O) groups is 1. The van der Waals surface area contributed by atoms with Gasteiger partial charge in [-0.25, -0.2) is 0 Å². The summed E-state index contributed by atoms with van der Waals surface area (Å²) < 4.78 is 5.48. The number of nitrogens with two attached hydrogens (primary N) is 1. The van der Waals surface area contributed by atoms with Crippen molar-refractivity contribution in [1.82, 2.24) is 9.80 Å². The molecule has 136 valence electrons. The Morgan fingerprint density at radius 3 is 2.42 bits per heavy atom. The summed E-state index contributed by atoms with van der Waals surface area (Å²) in [5.74, 6) is 0.752. The molecule has 2 aliphatic heterocycles. The van der Waals surface area contributed by atoms with Gasteiger partial charge in [-0.15, -0.1) is 0 Å². The molecule has 6 heteroatoms. The van der Waals surface area contributed by atoms with E-state index in [1.807, 2.05) is 17.0 Å². The summed E-state index contributed by atoms with van der Waals surface area (Å²) in [6.45, 7) is 9.01. The Hall–Kier alpha value is -1.63. The first-order valence-corrected chi connectivity index (χ1v) is 8.53. The largest absolute Gasteiger partial charge is 0.412 e. The molecule has 0 saturated carbocycles. The summed E-state index contributed by atoms with van der Waals surface area (Å²) >= 11 is 0. The van der Waals surface area contributed by atoms with Crippen LogP contribution >= 0.6 is 0 Å². The molecule has 2 aliphatic rings. The summed E-state index contributed by atoms with van der Waals surface area (Å²) in [5.41, 5.74) is 7.12. The van der Waals surface area contributed by atoms with Gasteiger partial charge in [-0.2, -0.15) is 0 Å². The van der Waals surface area contributed by atoms with E-state index >= 15 is 0 Å². The fourth-order valence-electron chi connectivity index (χ4n) is 3.85. The second kappa shape index (κ2) is 7.96. The maximum atomic E-state index is 12.8. The minimum Gasteiger partial charge on any atom is -0.412 e. The zero-order valence-corrected chi connectivity index (χ0v) is 14.6. The smallest absolute Gasteiger partial charge is 0.254 e. The van der Waals surface area contributed by atoms with E-state index in [-0.39, 0.29) is 24.9 Å². The van der Waals surface area contributed by atoms with E-state index in [1.165, 1.54) is 0 Å². The number of amides is 1. The number of nitrogens with zero attached hydrogens (tertiary/aromatic N) is 2. The average Bonchev–Trinajstić information content (AvgIpc) is 3.00. The second-order valence-corrected chi connectivity index (χ2v) is 6.98. The lowest BCUT2D eigenvalue weighted by molar-refractivity contribution is 0.0243. The Bertz CT molecular complexity index is 537. The van der Waals surface area contributed by atoms with Gasteiger partial charge in [0.15, 0.2) is 0 Å². The Kier molecular flexibility index (Phi) is 6.21. The number of hydrogen-bond acceptors (Lipinski definition) is 4. The van der Waals surface area contributed by atoms with E-state index in [4.69, 9.17) is 10.5 Å². The summed E-state index contributed by atoms with van der Waals surface area (Å²) in [6.07, 6.45) is 1.16. The van der Waals surface area contributed by atoms with Crippen LogP contribution in [0.3, 0.4) is 0 Å². The van der Waals surface area contributed by atoms with Crippen molar-refractivity contribution in [3.8, 4) is 0 Å². The summed E-state index contributed by atoms with van der Waals surface area (Å²) in [7, 11) is 0. The molecule has 2 fully saturated rings. The summed E-state index contributed by atoms with van der Waals surface area (Å²) in [6, 6.07) is 7.65. The first-order chi connectivity index (χ1) is 11.0. The topological polar surface area (TPSA) is 90.3 Å². The minimum absolute atomic E-state index is 0. The van der Waals surface area contributed by atoms with Gasteiger partial charge in [-0.05, 0) is 50.5 Å². The molecule has 6 nitrogen and oxygen atoms in total.